The Morgan fingerprint density at radius 1 is 0.926 bits per heavy atom. The number of benzene rings is 2. The number of hydrogen-bond acceptors (Lipinski definition) is 14. The number of allylic oxidation sites excluding steroid dienone is 3. The number of phenolic OH excluding ortho intramolecular Hbond substituents is 1. The van der Waals surface area contributed by atoms with Crippen molar-refractivity contribution in [1.82, 2.24) is 30.3 Å². The second kappa shape index (κ2) is 20.4. The lowest BCUT2D eigenvalue weighted by Gasteiger charge is -2.33. The van der Waals surface area contributed by atoms with Gasteiger partial charge in [0, 0.05) is 68.9 Å². The highest BCUT2D eigenvalue weighted by molar-refractivity contribution is 8.03. The van der Waals surface area contributed by atoms with Crippen LogP contribution in [0.1, 0.15) is 106 Å². The van der Waals surface area contributed by atoms with E-state index in [4.69, 9.17) is 19.9 Å². The minimum atomic E-state index is -0.811. The molecule has 2 amide bonds. The van der Waals surface area contributed by atoms with Gasteiger partial charge in [0.1, 0.15) is 17.7 Å². The second-order valence-corrected chi connectivity index (χ2v) is 20.9. The van der Waals surface area contributed by atoms with Crippen LogP contribution >= 0.6 is 23.1 Å². The van der Waals surface area contributed by atoms with Gasteiger partial charge in [0.05, 0.1) is 33.9 Å². The Balaban J connectivity index is 0.766. The summed E-state index contributed by atoms with van der Waals surface area (Å²) in [7, 11) is 0. The smallest absolute Gasteiger partial charge is 0.243 e. The normalized spacial score (nSPS) is 21.0. The quantitative estimate of drug-likeness (QED) is 0.0824. The lowest BCUT2D eigenvalue weighted by Crippen LogP contribution is -2.48. The Labute approximate surface area is 406 Å². The number of aromatic hydroxyl groups is 1. The SMILES string of the molecule is CC1=C(C2CCN(c3ncc(C4CCN(c5cc(C(C(=O)N6C[C@H](O)C[C@H]6C(=O)NC(C)c6ccc(-c7scnc7C)cc6)C(C)C)on5)CC4)cn3)CC2)SC/C1=C\C(=N)c1ccccc1O. The fraction of sp³-hybridized carbons (Fsp3) is 0.442. The van der Waals surface area contributed by atoms with Gasteiger partial charge in [-0.1, -0.05) is 55.4 Å². The molecule has 7 heterocycles. The van der Waals surface area contributed by atoms with Crippen LogP contribution < -0.4 is 15.1 Å². The molecule has 4 aliphatic rings. The third-order valence-corrected chi connectivity index (χ3v) is 16.6. The van der Waals surface area contributed by atoms with Crippen LogP contribution in [0, 0.1) is 24.2 Å². The van der Waals surface area contributed by atoms with Crippen LogP contribution in [0.15, 0.2) is 99.2 Å². The highest BCUT2D eigenvalue weighted by Crippen LogP contribution is 2.44. The molecule has 0 radical (unpaired) electrons. The summed E-state index contributed by atoms with van der Waals surface area (Å²) < 4.78 is 5.92. The summed E-state index contributed by atoms with van der Waals surface area (Å²) in [5, 5.41) is 37.1. The van der Waals surface area contributed by atoms with E-state index in [1.54, 1.807) is 29.5 Å². The first-order chi connectivity index (χ1) is 32.8. The number of carbonyl (C=O) groups excluding carboxylic acids is 2. The van der Waals surface area contributed by atoms with Gasteiger partial charge in [0.25, 0.3) is 0 Å². The number of carbonyl (C=O) groups is 2. The molecule has 68 heavy (non-hydrogen) atoms. The number of β-amino-alcohol motifs (C(OH)–C–C–N with tert-alkyl or cyclic N) is 1. The van der Waals surface area contributed by atoms with E-state index in [-0.39, 0.29) is 42.5 Å². The number of aryl methyl sites for hydroxylation is 1. The largest absolute Gasteiger partial charge is 0.507 e. The monoisotopic (exact) mass is 955 g/mol. The van der Waals surface area contributed by atoms with E-state index in [9.17, 15) is 19.8 Å². The Kier molecular flexibility index (Phi) is 14.2. The van der Waals surface area contributed by atoms with Crippen molar-refractivity contribution in [3.63, 3.8) is 0 Å². The van der Waals surface area contributed by atoms with Crippen LogP contribution in [0.3, 0.4) is 0 Å². The van der Waals surface area contributed by atoms with Crippen LogP contribution in [0.2, 0.25) is 0 Å². The molecule has 2 unspecified atom stereocenters. The third-order valence-electron chi connectivity index (χ3n) is 14.2. The number of nitrogens with one attached hydrogen (secondary N) is 2. The highest BCUT2D eigenvalue weighted by atomic mass is 32.2. The van der Waals surface area contributed by atoms with Crippen molar-refractivity contribution < 1.29 is 24.3 Å². The number of aromatic nitrogens is 4. The highest BCUT2D eigenvalue weighted by Gasteiger charge is 2.44. The number of thiazole rings is 1. The molecule has 2 aromatic carbocycles. The van der Waals surface area contributed by atoms with Gasteiger partial charge in [0.2, 0.25) is 17.8 Å². The molecular weight excluding hydrogens is 895 g/mol. The van der Waals surface area contributed by atoms with Crippen LogP contribution in [0.25, 0.3) is 10.4 Å². The van der Waals surface area contributed by atoms with E-state index in [0.29, 0.717) is 34.7 Å². The summed E-state index contributed by atoms with van der Waals surface area (Å²) >= 11 is 3.48. The maximum Gasteiger partial charge on any atom is 0.243 e. The maximum atomic E-state index is 14.4. The van der Waals surface area contributed by atoms with Gasteiger partial charge in [-0.2, -0.15) is 0 Å². The summed E-state index contributed by atoms with van der Waals surface area (Å²) in [6.45, 7) is 13.4. The molecule has 0 saturated carbocycles. The third kappa shape index (κ3) is 9.99. The zero-order valence-electron chi connectivity index (χ0n) is 39.4. The molecule has 9 rings (SSSR count). The van der Waals surface area contributed by atoms with Crippen molar-refractivity contribution >= 4 is 52.4 Å². The molecular formula is C52H61N9O5S2. The lowest BCUT2D eigenvalue weighted by atomic mass is 9.90. The number of nitrogens with zero attached hydrogens (tertiary/aromatic N) is 7. The van der Waals surface area contributed by atoms with E-state index in [1.807, 2.05) is 99.8 Å². The van der Waals surface area contributed by atoms with Crippen molar-refractivity contribution in [3.05, 3.63) is 123 Å². The molecule has 4 N–H and O–H groups in total. The van der Waals surface area contributed by atoms with Gasteiger partial charge >= 0.3 is 0 Å². The topological polar surface area (TPSA) is 185 Å². The number of anilines is 2. The van der Waals surface area contributed by atoms with E-state index < -0.39 is 18.1 Å². The second-order valence-electron chi connectivity index (χ2n) is 19.0. The molecule has 0 bridgehead atoms. The van der Waals surface area contributed by atoms with Crippen molar-refractivity contribution in [2.24, 2.45) is 11.8 Å². The van der Waals surface area contributed by atoms with Gasteiger partial charge in [-0.15, -0.1) is 23.1 Å². The molecule has 14 nitrogen and oxygen atoms in total. The zero-order valence-corrected chi connectivity index (χ0v) is 41.0. The number of thioether (sulfide) groups is 1. The van der Waals surface area contributed by atoms with Gasteiger partial charge in [-0.05, 0) is 115 Å². The number of likely N-dealkylation sites (tertiary alicyclic amines) is 1. The first-order valence-electron chi connectivity index (χ1n) is 23.8. The number of amides is 2. The summed E-state index contributed by atoms with van der Waals surface area (Å²) in [5.74, 6) is 2.31. The fourth-order valence-electron chi connectivity index (χ4n) is 10.2. The Hall–Kier alpha value is -5.84. The number of phenols is 1. The molecule has 356 valence electrons. The molecule has 3 aromatic heterocycles. The van der Waals surface area contributed by atoms with Crippen LogP contribution in [-0.4, -0.2) is 103 Å². The van der Waals surface area contributed by atoms with Gasteiger partial charge < -0.3 is 40.2 Å². The molecule has 3 saturated heterocycles. The Morgan fingerprint density at radius 2 is 1.62 bits per heavy atom. The average molecular weight is 956 g/mol. The van der Waals surface area contributed by atoms with E-state index in [1.165, 1.54) is 15.4 Å². The zero-order chi connectivity index (χ0) is 47.6. The van der Waals surface area contributed by atoms with Crippen LogP contribution in [0.5, 0.6) is 5.75 Å². The van der Waals surface area contributed by atoms with Gasteiger partial charge in [0.15, 0.2) is 11.6 Å². The van der Waals surface area contributed by atoms with Crippen molar-refractivity contribution in [1.29, 1.82) is 5.41 Å². The number of rotatable bonds is 13. The molecule has 4 aliphatic heterocycles. The Bertz CT molecular complexity index is 2680. The molecule has 0 spiro atoms. The van der Waals surface area contributed by atoms with Crippen molar-refractivity contribution in [2.75, 3.05) is 48.3 Å². The van der Waals surface area contributed by atoms with E-state index in [0.717, 1.165) is 96.4 Å². The number of aliphatic hydroxyl groups excluding tert-OH is 1. The molecule has 16 heteroatoms. The minimum absolute atomic E-state index is 0.0732. The van der Waals surface area contributed by atoms with Gasteiger partial charge in [-0.25, -0.2) is 15.0 Å². The van der Waals surface area contributed by atoms with Crippen LogP contribution in [0.4, 0.5) is 11.8 Å². The lowest BCUT2D eigenvalue weighted by molar-refractivity contribution is -0.141. The summed E-state index contributed by atoms with van der Waals surface area (Å²) in [4.78, 5) is 50.7. The predicted molar refractivity (Wildman–Crippen MR) is 268 cm³/mol. The minimum Gasteiger partial charge on any atom is -0.507 e. The molecule has 4 atom stereocenters. The first kappa shape index (κ1) is 47.2. The number of piperidine rings is 2. The predicted octanol–water partition coefficient (Wildman–Crippen LogP) is 8.80. The summed E-state index contributed by atoms with van der Waals surface area (Å²) in [6.07, 6.45) is 9.08. The standard InChI is InChI=1S/C52H61N9O5S2/c1-30(2)47(51(65)61-27-40(62)23-43(61)50(64)57-32(4)34-10-12-36(13-11-34)49-33(5)56-29-68-49)45-24-46(58-66-45)59-18-14-35(15-19-59)39-25-54-52(55-26-39)60-20-16-37(17-21-60)48-31(3)38(28-67-48)22-42(53)41-8-6-7-9-44(41)63/h6-13,22,24-26,29-30,32,35,37,40,43,47,53,62-63H,14-21,23,27-28H2,1-5H3,(H,57,64)/b38-22+,53-42?/t32?,40-,43+,47?/m1/s1. The van der Waals surface area contributed by atoms with Crippen LogP contribution in [-0.2, 0) is 9.59 Å². The van der Waals surface area contributed by atoms with Crippen molar-refractivity contribution in [2.45, 2.75) is 96.7 Å². The molecule has 3 fully saturated rings. The van der Waals surface area contributed by atoms with E-state index >= 15 is 0 Å². The summed E-state index contributed by atoms with van der Waals surface area (Å²) in [5.41, 5.74) is 9.28. The summed E-state index contributed by atoms with van der Waals surface area (Å²) in [6, 6.07) is 15.9. The van der Waals surface area contributed by atoms with Crippen molar-refractivity contribution in [3.8, 4) is 16.2 Å². The Morgan fingerprint density at radius 3 is 2.29 bits per heavy atom. The average Bonchev–Trinajstić information content (AvgIpc) is 4.17. The first-order valence-corrected chi connectivity index (χ1v) is 25.7. The number of para-hydroxylation sites is 1. The molecule has 0 aliphatic carbocycles. The van der Waals surface area contributed by atoms with E-state index in [2.05, 4.69) is 32.2 Å². The number of aliphatic hydroxyl groups is 1. The van der Waals surface area contributed by atoms with Gasteiger partial charge in [-0.3, -0.25) is 9.59 Å². The fourth-order valence-corrected chi connectivity index (χ4v) is 12.5. The maximum absolute atomic E-state index is 14.4. The number of hydrogen-bond donors (Lipinski definition) is 4. The molecule has 5 aromatic rings.